The fourth-order valence-corrected chi connectivity index (χ4v) is 3.01. The standard InChI is InChI=1S/C16H22BrN3/c1-11-7-5-6-8-13(11)9-14(18-3)10-15-16(17)12(2)19-20(15)4/h5-8,14,18H,9-10H2,1-4H3. The zero-order valence-electron chi connectivity index (χ0n) is 12.6. The van der Waals surface area contributed by atoms with Gasteiger partial charge in [0, 0.05) is 19.5 Å². The Bertz CT molecular complexity index is 589. The number of aryl methyl sites for hydroxylation is 3. The van der Waals surface area contributed by atoms with Crippen molar-refractivity contribution in [3.05, 3.63) is 51.3 Å². The molecule has 0 aliphatic rings. The number of nitrogens with one attached hydrogen (secondary N) is 1. The van der Waals surface area contributed by atoms with Crippen LogP contribution in [0.5, 0.6) is 0 Å². The summed E-state index contributed by atoms with van der Waals surface area (Å²) in [5.41, 5.74) is 5.05. The van der Waals surface area contributed by atoms with Gasteiger partial charge in [0.15, 0.2) is 0 Å². The molecule has 1 N–H and O–H groups in total. The van der Waals surface area contributed by atoms with Gasteiger partial charge in [-0.1, -0.05) is 24.3 Å². The zero-order chi connectivity index (χ0) is 14.7. The number of rotatable bonds is 5. The van der Waals surface area contributed by atoms with Gasteiger partial charge in [0.05, 0.1) is 15.9 Å². The molecule has 3 nitrogen and oxygen atoms in total. The molecule has 0 amide bonds. The molecule has 108 valence electrons. The summed E-state index contributed by atoms with van der Waals surface area (Å²) in [4.78, 5) is 0. The van der Waals surface area contributed by atoms with Crippen molar-refractivity contribution in [3.63, 3.8) is 0 Å². The fourth-order valence-electron chi connectivity index (χ4n) is 2.52. The highest BCUT2D eigenvalue weighted by molar-refractivity contribution is 9.10. The van der Waals surface area contributed by atoms with Crippen LogP contribution in [-0.4, -0.2) is 22.9 Å². The van der Waals surface area contributed by atoms with E-state index in [1.165, 1.54) is 16.8 Å². The molecule has 0 aliphatic heterocycles. The topological polar surface area (TPSA) is 29.9 Å². The Morgan fingerprint density at radius 2 is 1.95 bits per heavy atom. The van der Waals surface area contributed by atoms with Gasteiger partial charge in [-0.25, -0.2) is 0 Å². The van der Waals surface area contributed by atoms with E-state index in [-0.39, 0.29) is 0 Å². The highest BCUT2D eigenvalue weighted by Gasteiger charge is 2.16. The number of nitrogens with zero attached hydrogens (tertiary/aromatic N) is 2. The number of aromatic nitrogens is 2. The van der Waals surface area contributed by atoms with E-state index in [4.69, 9.17) is 0 Å². The molecule has 0 spiro atoms. The summed E-state index contributed by atoms with van der Waals surface area (Å²) >= 11 is 3.65. The van der Waals surface area contributed by atoms with Gasteiger partial charge in [0.2, 0.25) is 0 Å². The van der Waals surface area contributed by atoms with Gasteiger partial charge < -0.3 is 5.32 Å². The Morgan fingerprint density at radius 1 is 1.25 bits per heavy atom. The van der Waals surface area contributed by atoms with E-state index in [2.05, 4.69) is 57.5 Å². The maximum absolute atomic E-state index is 4.46. The second kappa shape index (κ2) is 6.55. The van der Waals surface area contributed by atoms with E-state index in [9.17, 15) is 0 Å². The van der Waals surface area contributed by atoms with Gasteiger partial charge in [-0.15, -0.1) is 0 Å². The van der Waals surface area contributed by atoms with Crippen molar-refractivity contribution >= 4 is 15.9 Å². The Balaban J connectivity index is 2.15. The lowest BCUT2D eigenvalue weighted by Crippen LogP contribution is -2.31. The highest BCUT2D eigenvalue weighted by Crippen LogP contribution is 2.22. The molecule has 1 atom stereocenters. The van der Waals surface area contributed by atoms with Crippen LogP contribution in [0.4, 0.5) is 0 Å². The summed E-state index contributed by atoms with van der Waals surface area (Å²) in [5.74, 6) is 0. The van der Waals surface area contributed by atoms with Crippen molar-refractivity contribution in [2.24, 2.45) is 7.05 Å². The molecule has 0 aliphatic carbocycles. The van der Waals surface area contributed by atoms with Gasteiger partial charge in [-0.2, -0.15) is 5.10 Å². The Hall–Kier alpha value is -1.13. The minimum absolute atomic E-state index is 0.405. The lowest BCUT2D eigenvalue weighted by atomic mass is 9.98. The number of likely N-dealkylation sites (N-methyl/N-ethyl adjacent to an activating group) is 1. The van der Waals surface area contributed by atoms with E-state index in [1.54, 1.807) is 0 Å². The van der Waals surface area contributed by atoms with E-state index in [1.807, 2.05) is 25.7 Å². The van der Waals surface area contributed by atoms with Crippen molar-refractivity contribution in [1.82, 2.24) is 15.1 Å². The van der Waals surface area contributed by atoms with Gasteiger partial charge >= 0.3 is 0 Å². The van der Waals surface area contributed by atoms with Crippen LogP contribution >= 0.6 is 15.9 Å². The summed E-state index contributed by atoms with van der Waals surface area (Å²) in [7, 11) is 4.04. The van der Waals surface area contributed by atoms with Crippen molar-refractivity contribution in [1.29, 1.82) is 0 Å². The average Bonchev–Trinajstić information content (AvgIpc) is 2.66. The van der Waals surface area contributed by atoms with Crippen LogP contribution < -0.4 is 5.32 Å². The zero-order valence-corrected chi connectivity index (χ0v) is 14.2. The highest BCUT2D eigenvalue weighted by atomic mass is 79.9. The molecule has 2 rings (SSSR count). The third-order valence-electron chi connectivity index (χ3n) is 3.84. The van der Waals surface area contributed by atoms with Crippen LogP contribution in [0.2, 0.25) is 0 Å². The largest absolute Gasteiger partial charge is 0.316 e. The SMILES string of the molecule is CNC(Cc1ccccc1C)Cc1c(Br)c(C)nn1C. The van der Waals surface area contributed by atoms with E-state index < -0.39 is 0 Å². The van der Waals surface area contributed by atoms with Crippen molar-refractivity contribution in [2.75, 3.05) is 7.05 Å². The van der Waals surface area contributed by atoms with Crippen LogP contribution in [0, 0.1) is 13.8 Å². The first-order valence-corrected chi connectivity index (χ1v) is 7.72. The lowest BCUT2D eigenvalue weighted by Gasteiger charge is -2.18. The van der Waals surface area contributed by atoms with Crippen LogP contribution in [0.25, 0.3) is 0 Å². The average molecular weight is 336 g/mol. The predicted molar refractivity (Wildman–Crippen MR) is 87.1 cm³/mol. The second-order valence-electron chi connectivity index (χ2n) is 5.29. The predicted octanol–water partition coefficient (Wildman–Crippen LogP) is 3.17. The smallest absolute Gasteiger partial charge is 0.0738 e. The third kappa shape index (κ3) is 3.30. The molecule has 1 aromatic heterocycles. The first-order valence-electron chi connectivity index (χ1n) is 6.92. The summed E-state index contributed by atoms with van der Waals surface area (Å²) in [6.07, 6.45) is 1.99. The molecule has 2 aromatic rings. The summed E-state index contributed by atoms with van der Waals surface area (Å²) in [5, 5.41) is 7.89. The van der Waals surface area contributed by atoms with Crippen LogP contribution in [0.1, 0.15) is 22.5 Å². The molecule has 0 bridgehead atoms. The maximum atomic E-state index is 4.46. The number of benzene rings is 1. The normalized spacial score (nSPS) is 12.7. The van der Waals surface area contributed by atoms with Crippen molar-refractivity contribution in [2.45, 2.75) is 32.7 Å². The first kappa shape index (κ1) is 15.3. The van der Waals surface area contributed by atoms with Crippen LogP contribution in [-0.2, 0) is 19.9 Å². The Morgan fingerprint density at radius 3 is 2.50 bits per heavy atom. The van der Waals surface area contributed by atoms with E-state index in [0.717, 1.165) is 23.0 Å². The van der Waals surface area contributed by atoms with Gasteiger partial charge in [-0.05, 0) is 54.4 Å². The summed E-state index contributed by atoms with van der Waals surface area (Å²) < 4.78 is 3.10. The molecular weight excluding hydrogens is 314 g/mol. The molecule has 1 unspecified atom stereocenters. The maximum Gasteiger partial charge on any atom is 0.0738 e. The molecule has 0 saturated heterocycles. The number of hydrogen-bond donors (Lipinski definition) is 1. The molecule has 0 saturated carbocycles. The molecule has 1 heterocycles. The third-order valence-corrected chi connectivity index (χ3v) is 4.87. The monoisotopic (exact) mass is 335 g/mol. The van der Waals surface area contributed by atoms with Crippen molar-refractivity contribution in [3.8, 4) is 0 Å². The Kier molecular flexibility index (Phi) is 5.00. The molecule has 0 fully saturated rings. The van der Waals surface area contributed by atoms with Crippen molar-refractivity contribution < 1.29 is 0 Å². The molecule has 1 aromatic carbocycles. The van der Waals surface area contributed by atoms with E-state index >= 15 is 0 Å². The fraction of sp³-hybridized carbons (Fsp3) is 0.438. The summed E-state index contributed by atoms with van der Waals surface area (Å²) in [6.45, 7) is 4.20. The van der Waals surface area contributed by atoms with E-state index in [0.29, 0.717) is 6.04 Å². The van der Waals surface area contributed by atoms with Crippen LogP contribution in [0.3, 0.4) is 0 Å². The van der Waals surface area contributed by atoms with Gasteiger partial charge in [0.25, 0.3) is 0 Å². The van der Waals surface area contributed by atoms with Gasteiger partial charge in [-0.3, -0.25) is 4.68 Å². The first-order chi connectivity index (χ1) is 9.52. The lowest BCUT2D eigenvalue weighted by molar-refractivity contribution is 0.532. The minimum atomic E-state index is 0.405. The minimum Gasteiger partial charge on any atom is -0.316 e. The van der Waals surface area contributed by atoms with Crippen LogP contribution in [0.15, 0.2) is 28.7 Å². The number of hydrogen-bond acceptors (Lipinski definition) is 2. The quantitative estimate of drug-likeness (QED) is 0.909. The number of halogens is 1. The summed E-state index contributed by atoms with van der Waals surface area (Å²) in [6, 6.07) is 8.99. The molecule has 20 heavy (non-hydrogen) atoms. The van der Waals surface area contributed by atoms with Gasteiger partial charge in [0.1, 0.15) is 0 Å². The molecule has 0 radical (unpaired) electrons. The molecule has 4 heteroatoms. The Labute approximate surface area is 129 Å². The second-order valence-corrected chi connectivity index (χ2v) is 6.08. The molecular formula is C16H22BrN3.